The van der Waals surface area contributed by atoms with Crippen LogP contribution in [0.25, 0.3) is 0 Å². The molecule has 1 nitrogen and oxygen atoms in total. The van der Waals surface area contributed by atoms with Gasteiger partial charge < -0.3 is 5.11 Å². The van der Waals surface area contributed by atoms with Crippen LogP contribution in [-0.2, 0) is 0 Å². The molecule has 98 valence electrons. The van der Waals surface area contributed by atoms with Crippen LogP contribution >= 0.6 is 0 Å². The molecule has 2 atom stereocenters. The monoisotopic (exact) mass is 236 g/mol. The smallest absolute Gasteiger partial charge is 0.0678 e. The molecule has 0 spiro atoms. The van der Waals surface area contributed by atoms with E-state index in [0.29, 0.717) is 5.92 Å². The van der Waals surface area contributed by atoms with Crippen LogP contribution in [-0.4, -0.2) is 10.7 Å². The van der Waals surface area contributed by atoms with E-state index < -0.39 is 0 Å². The maximum absolute atomic E-state index is 11.1. The fourth-order valence-electron chi connectivity index (χ4n) is 4.49. The largest absolute Gasteiger partial charge is 0.390 e. The lowest BCUT2D eigenvalue weighted by Crippen LogP contribution is -2.42. The zero-order valence-electron chi connectivity index (χ0n) is 11.2. The minimum absolute atomic E-state index is 0.268. The summed E-state index contributed by atoms with van der Waals surface area (Å²) in [7, 11) is 0. The third-order valence-electron chi connectivity index (χ3n) is 5.70. The average molecular weight is 236 g/mol. The van der Waals surface area contributed by atoms with Crippen LogP contribution in [0.4, 0.5) is 0 Å². The van der Waals surface area contributed by atoms with Gasteiger partial charge in [-0.05, 0) is 62.7 Å². The van der Waals surface area contributed by atoms with Gasteiger partial charge in [0.25, 0.3) is 0 Å². The molecule has 3 saturated carbocycles. The van der Waals surface area contributed by atoms with Crippen molar-refractivity contribution >= 4 is 0 Å². The Morgan fingerprint density at radius 1 is 0.706 bits per heavy atom. The van der Waals surface area contributed by atoms with Crippen molar-refractivity contribution in [3.8, 4) is 0 Å². The quantitative estimate of drug-likeness (QED) is 0.709. The predicted octanol–water partition coefficient (Wildman–Crippen LogP) is 4.29. The van der Waals surface area contributed by atoms with Gasteiger partial charge in [-0.15, -0.1) is 0 Å². The third kappa shape index (κ3) is 2.70. The van der Waals surface area contributed by atoms with Crippen LogP contribution in [0.15, 0.2) is 0 Å². The highest BCUT2D eigenvalue weighted by Gasteiger charge is 2.44. The maximum atomic E-state index is 11.1. The van der Waals surface area contributed by atoms with Crippen molar-refractivity contribution in [3.05, 3.63) is 0 Å². The second-order valence-electron chi connectivity index (χ2n) is 6.99. The summed E-state index contributed by atoms with van der Waals surface area (Å²) in [4.78, 5) is 0. The molecule has 1 N–H and O–H groups in total. The first-order chi connectivity index (χ1) is 8.28. The summed E-state index contributed by atoms with van der Waals surface area (Å²) in [6.45, 7) is 0. The molecule has 0 aliphatic heterocycles. The summed E-state index contributed by atoms with van der Waals surface area (Å²) in [6, 6.07) is 0. The van der Waals surface area contributed by atoms with Gasteiger partial charge in [-0.3, -0.25) is 0 Å². The first kappa shape index (κ1) is 12.0. The molecule has 0 radical (unpaired) electrons. The fraction of sp³-hybridized carbons (Fsp3) is 1.00. The average Bonchev–Trinajstić information content (AvgIpc) is 3.17. The zero-order chi connectivity index (χ0) is 11.7. The lowest BCUT2D eigenvalue weighted by Gasteiger charge is -2.42. The van der Waals surface area contributed by atoms with E-state index in [1.165, 1.54) is 64.2 Å². The Balaban J connectivity index is 1.65. The Bertz CT molecular complexity index is 250. The van der Waals surface area contributed by atoms with Crippen LogP contribution in [0.2, 0.25) is 0 Å². The molecule has 3 fully saturated rings. The second kappa shape index (κ2) is 4.91. The molecule has 0 amide bonds. The van der Waals surface area contributed by atoms with Crippen molar-refractivity contribution in [1.29, 1.82) is 0 Å². The molecular formula is C16H28O. The Morgan fingerprint density at radius 3 is 2.06 bits per heavy atom. The third-order valence-corrected chi connectivity index (χ3v) is 5.70. The van der Waals surface area contributed by atoms with Crippen molar-refractivity contribution in [3.63, 3.8) is 0 Å². The molecule has 3 rings (SSSR count). The van der Waals surface area contributed by atoms with Crippen LogP contribution in [0.1, 0.15) is 77.0 Å². The molecule has 3 aliphatic rings. The highest BCUT2D eigenvalue weighted by molar-refractivity contribution is 4.96. The van der Waals surface area contributed by atoms with Crippen molar-refractivity contribution < 1.29 is 5.11 Å². The van der Waals surface area contributed by atoms with Crippen LogP contribution in [0.5, 0.6) is 0 Å². The molecule has 1 heteroatoms. The van der Waals surface area contributed by atoms with Gasteiger partial charge in [-0.25, -0.2) is 0 Å². The van der Waals surface area contributed by atoms with E-state index in [9.17, 15) is 5.11 Å². The molecule has 0 heterocycles. The molecule has 0 saturated heterocycles. The molecule has 3 aliphatic carbocycles. The molecule has 17 heavy (non-hydrogen) atoms. The summed E-state index contributed by atoms with van der Waals surface area (Å²) in [5.74, 6) is 2.50. The lowest BCUT2D eigenvalue weighted by atomic mass is 9.68. The Morgan fingerprint density at radius 2 is 1.41 bits per heavy atom. The van der Waals surface area contributed by atoms with E-state index in [4.69, 9.17) is 0 Å². The van der Waals surface area contributed by atoms with Crippen molar-refractivity contribution in [2.24, 2.45) is 17.8 Å². The van der Waals surface area contributed by atoms with Gasteiger partial charge in [0, 0.05) is 0 Å². The van der Waals surface area contributed by atoms with E-state index >= 15 is 0 Å². The minimum atomic E-state index is -0.268. The minimum Gasteiger partial charge on any atom is -0.390 e. The van der Waals surface area contributed by atoms with Crippen LogP contribution in [0, 0.1) is 17.8 Å². The maximum Gasteiger partial charge on any atom is 0.0678 e. The molecule has 0 bridgehead atoms. The van der Waals surface area contributed by atoms with Gasteiger partial charge in [-0.2, -0.15) is 0 Å². The van der Waals surface area contributed by atoms with Crippen molar-refractivity contribution in [2.75, 3.05) is 0 Å². The number of rotatable bonds is 2. The van der Waals surface area contributed by atoms with Gasteiger partial charge in [0.15, 0.2) is 0 Å². The SMILES string of the molecule is OC1(C2CCCCCC2)CCCC(C2CC2)C1. The second-order valence-corrected chi connectivity index (χ2v) is 6.99. The first-order valence-electron chi connectivity index (χ1n) is 8.00. The summed E-state index contributed by atoms with van der Waals surface area (Å²) >= 11 is 0. The van der Waals surface area contributed by atoms with E-state index in [1.54, 1.807) is 0 Å². The summed E-state index contributed by atoms with van der Waals surface area (Å²) < 4.78 is 0. The summed E-state index contributed by atoms with van der Waals surface area (Å²) in [5, 5.41) is 11.1. The normalized spacial score (nSPS) is 41.1. The molecule has 0 aromatic heterocycles. The Kier molecular flexibility index (Phi) is 3.47. The van der Waals surface area contributed by atoms with Gasteiger partial charge >= 0.3 is 0 Å². The molecular weight excluding hydrogens is 208 g/mol. The summed E-state index contributed by atoms with van der Waals surface area (Å²) in [5.41, 5.74) is -0.268. The van der Waals surface area contributed by atoms with Gasteiger partial charge in [0.2, 0.25) is 0 Å². The lowest BCUT2D eigenvalue weighted by molar-refractivity contribution is -0.0727. The highest BCUT2D eigenvalue weighted by atomic mass is 16.3. The van der Waals surface area contributed by atoms with Crippen LogP contribution < -0.4 is 0 Å². The van der Waals surface area contributed by atoms with E-state index in [0.717, 1.165) is 24.7 Å². The van der Waals surface area contributed by atoms with Gasteiger partial charge in [0.05, 0.1) is 5.60 Å². The van der Waals surface area contributed by atoms with Gasteiger partial charge in [0.1, 0.15) is 0 Å². The highest BCUT2D eigenvalue weighted by Crippen LogP contribution is 2.50. The first-order valence-corrected chi connectivity index (χ1v) is 8.00. The number of hydrogen-bond donors (Lipinski definition) is 1. The Hall–Kier alpha value is -0.0400. The summed E-state index contributed by atoms with van der Waals surface area (Å²) in [6.07, 6.45) is 16.0. The Labute approximate surface area is 106 Å². The van der Waals surface area contributed by atoms with Crippen LogP contribution in [0.3, 0.4) is 0 Å². The van der Waals surface area contributed by atoms with Gasteiger partial charge in [-0.1, -0.05) is 32.1 Å². The zero-order valence-corrected chi connectivity index (χ0v) is 11.2. The molecule has 2 unspecified atom stereocenters. The fourth-order valence-corrected chi connectivity index (χ4v) is 4.49. The predicted molar refractivity (Wildman–Crippen MR) is 70.8 cm³/mol. The topological polar surface area (TPSA) is 20.2 Å². The molecule has 0 aromatic carbocycles. The van der Waals surface area contributed by atoms with E-state index in [1.807, 2.05) is 0 Å². The number of aliphatic hydroxyl groups is 1. The van der Waals surface area contributed by atoms with Crippen molar-refractivity contribution in [1.82, 2.24) is 0 Å². The standard InChI is InChI=1S/C16H28O/c17-16(15-7-3-1-2-4-8-15)11-5-6-14(12-16)13-9-10-13/h13-15,17H,1-12H2. The molecule has 0 aromatic rings. The number of hydrogen-bond acceptors (Lipinski definition) is 1. The van der Waals surface area contributed by atoms with E-state index in [2.05, 4.69) is 0 Å². The van der Waals surface area contributed by atoms with E-state index in [-0.39, 0.29) is 5.60 Å². The van der Waals surface area contributed by atoms with Crippen molar-refractivity contribution in [2.45, 2.75) is 82.7 Å².